The van der Waals surface area contributed by atoms with Gasteiger partial charge in [0.1, 0.15) is 17.3 Å². The van der Waals surface area contributed by atoms with Crippen molar-refractivity contribution >= 4 is 50.8 Å². The molecule has 3 heterocycles. The van der Waals surface area contributed by atoms with Crippen molar-refractivity contribution in [3.05, 3.63) is 96.1 Å². The van der Waals surface area contributed by atoms with Gasteiger partial charge >= 0.3 is 0 Å². The van der Waals surface area contributed by atoms with Gasteiger partial charge in [-0.1, -0.05) is 18.2 Å². The van der Waals surface area contributed by atoms with Gasteiger partial charge in [-0.05, 0) is 54.6 Å². The van der Waals surface area contributed by atoms with Gasteiger partial charge in [-0.2, -0.15) is 0 Å². The van der Waals surface area contributed by atoms with Gasteiger partial charge in [0.15, 0.2) is 5.54 Å². The van der Waals surface area contributed by atoms with E-state index in [1.807, 2.05) is 12.1 Å². The summed E-state index contributed by atoms with van der Waals surface area (Å²) in [6, 6.07) is 18.1. The van der Waals surface area contributed by atoms with Crippen LogP contribution in [0.3, 0.4) is 0 Å². The van der Waals surface area contributed by atoms with Crippen molar-refractivity contribution < 1.29 is 23.9 Å². The van der Waals surface area contributed by atoms with E-state index in [0.717, 1.165) is 5.39 Å². The van der Waals surface area contributed by atoms with Crippen molar-refractivity contribution in [2.75, 3.05) is 4.90 Å². The van der Waals surface area contributed by atoms with E-state index in [1.165, 1.54) is 71.1 Å². The molecule has 3 aromatic carbocycles. The maximum atomic E-state index is 14.0. The maximum absolute atomic E-state index is 14.0. The molecule has 0 saturated heterocycles. The van der Waals surface area contributed by atoms with Gasteiger partial charge < -0.3 is 10.8 Å². The summed E-state index contributed by atoms with van der Waals surface area (Å²) in [5, 5.41) is 11.5. The number of phenols is 1. The van der Waals surface area contributed by atoms with Crippen molar-refractivity contribution in [2.45, 2.75) is 12.5 Å². The lowest BCUT2D eigenvalue weighted by atomic mass is 9.86. The van der Waals surface area contributed by atoms with Gasteiger partial charge in [-0.25, -0.2) is 4.39 Å². The second kappa shape index (κ2) is 7.81. The van der Waals surface area contributed by atoms with E-state index in [9.17, 15) is 23.9 Å². The maximum Gasteiger partial charge on any atom is 0.264 e. The van der Waals surface area contributed by atoms with Gasteiger partial charge in [0.05, 0.1) is 22.9 Å². The largest absolute Gasteiger partial charge is 0.508 e. The summed E-state index contributed by atoms with van der Waals surface area (Å²) < 4.78 is 15.1. The zero-order valence-corrected chi connectivity index (χ0v) is 19.5. The molecule has 0 bridgehead atoms. The number of nitrogens with zero attached hydrogens (tertiary/aromatic N) is 3. The number of para-hydroxylation sites is 1. The number of ketones is 1. The van der Waals surface area contributed by atoms with Crippen LogP contribution in [0.1, 0.15) is 27.8 Å². The Hall–Kier alpha value is -4.89. The van der Waals surface area contributed by atoms with Gasteiger partial charge in [-0.15, -0.1) is 0 Å². The van der Waals surface area contributed by atoms with E-state index in [2.05, 4.69) is 4.98 Å². The van der Waals surface area contributed by atoms with E-state index in [0.29, 0.717) is 27.8 Å². The van der Waals surface area contributed by atoms with Crippen LogP contribution in [-0.2, 0) is 10.3 Å². The quantitative estimate of drug-likeness (QED) is 0.283. The molecule has 37 heavy (non-hydrogen) atoms. The first-order valence-corrected chi connectivity index (χ1v) is 11.4. The van der Waals surface area contributed by atoms with Crippen LogP contribution in [0.15, 0.2) is 79.0 Å². The Morgan fingerprint density at radius 3 is 2.43 bits per heavy atom. The first-order chi connectivity index (χ1) is 17.7. The Morgan fingerprint density at radius 2 is 1.70 bits per heavy atom. The lowest BCUT2D eigenvalue weighted by Gasteiger charge is -2.23. The molecule has 1 aliphatic heterocycles. The number of fused-ring (bicyclic) bond motifs is 4. The minimum absolute atomic E-state index is 0.0787. The van der Waals surface area contributed by atoms with Crippen molar-refractivity contribution in [1.82, 2.24) is 9.55 Å². The Balaban J connectivity index is 1.54. The van der Waals surface area contributed by atoms with Gasteiger partial charge in [-0.3, -0.25) is 28.8 Å². The number of hydrogen-bond donors (Lipinski definition) is 2. The van der Waals surface area contributed by atoms with Crippen LogP contribution in [0.4, 0.5) is 15.8 Å². The number of aromatic hydroxyl groups is 1. The Kier molecular flexibility index (Phi) is 4.76. The van der Waals surface area contributed by atoms with E-state index in [4.69, 9.17) is 5.73 Å². The smallest absolute Gasteiger partial charge is 0.264 e. The fraction of sp³-hybridized carbons (Fsp3) is 0.0714. The number of Topliss-reactive ketones (excluding diaryl/α,β-unsaturated/α-hetero) is 1. The number of aromatic nitrogens is 2. The normalized spacial score (nSPS) is 16.9. The number of rotatable bonds is 3. The van der Waals surface area contributed by atoms with Crippen LogP contribution in [0.25, 0.3) is 21.8 Å². The molecule has 1 aliphatic rings. The fourth-order valence-electron chi connectivity index (χ4n) is 5.04. The second-order valence-corrected chi connectivity index (χ2v) is 8.91. The number of carbonyl (C=O) groups is 3. The number of nitrogens with two attached hydrogens (primary N) is 1. The number of hydrogen-bond acceptors (Lipinski definition) is 6. The molecule has 1 amide bonds. The number of carbonyl (C=O) groups excluding carboxylic acids is 3. The molecule has 9 heteroatoms. The number of benzene rings is 3. The van der Waals surface area contributed by atoms with Crippen molar-refractivity contribution in [3.8, 4) is 5.75 Å². The molecule has 1 unspecified atom stereocenters. The number of amides is 1. The number of halogens is 1. The number of anilines is 2. The monoisotopic (exact) mass is 494 g/mol. The first-order valence-electron chi connectivity index (χ1n) is 11.4. The summed E-state index contributed by atoms with van der Waals surface area (Å²) in [5.74, 6) is -2.43. The topological polar surface area (TPSA) is 119 Å². The minimum Gasteiger partial charge on any atom is -0.508 e. The molecular weight excluding hydrogens is 475 g/mol. The van der Waals surface area contributed by atoms with Crippen LogP contribution in [0.2, 0.25) is 0 Å². The lowest BCUT2D eigenvalue weighted by Crippen LogP contribution is -2.52. The number of pyridine rings is 1. The molecule has 2 aromatic heterocycles. The van der Waals surface area contributed by atoms with Crippen LogP contribution < -0.4 is 10.6 Å². The Morgan fingerprint density at radius 1 is 0.973 bits per heavy atom. The molecule has 0 saturated carbocycles. The highest BCUT2D eigenvalue weighted by molar-refractivity contribution is 6.28. The summed E-state index contributed by atoms with van der Waals surface area (Å²) in [5.41, 5.74) is 6.19. The minimum atomic E-state index is -2.21. The standard InChI is InChI=1S/C28H19FN4O4/c1-15(34)32-23-5-3-2-4-19(23)20-13-22(31-14-25(20)32)26(36)28(30)21-12-18(35)10-11-24(21)33(27(28)37)17-8-6-16(29)7-9-17/h2-14,35H,30H2,1H3. The third-order valence-electron chi connectivity index (χ3n) is 6.74. The highest BCUT2D eigenvalue weighted by Crippen LogP contribution is 2.46. The molecular formula is C28H19FN4O4. The molecule has 182 valence electrons. The molecule has 1 atom stereocenters. The van der Waals surface area contributed by atoms with Crippen molar-refractivity contribution in [1.29, 1.82) is 0 Å². The summed E-state index contributed by atoms with van der Waals surface area (Å²) in [6.07, 6.45) is 1.41. The van der Waals surface area contributed by atoms with E-state index < -0.39 is 23.0 Å². The molecule has 6 rings (SSSR count). The van der Waals surface area contributed by atoms with E-state index in [1.54, 1.807) is 12.1 Å². The Bertz CT molecular complexity index is 1790. The highest BCUT2D eigenvalue weighted by Gasteiger charge is 2.55. The zero-order valence-electron chi connectivity index (χ0n) is 19.5. The average molecular weight is 494 g/mol. The molecule has 0 fully saturated rings. The molecule has 5 aromatic rings. The Labute approximate surface area is 209 Å². The molecule has 8 nitrogen and oxygen atoms in total. The van der Waals surface area contributed by atoms with Crippen LogP contribution in [0.5, 0.6) is 5.75 Å². The van der Waals surface area contributed by atoms with E-state index >= 15 is 0 Å². The third kappa shape index (κ3) is 3.11. The number of phenolic OH excluding ortho intramolecular Hbond substituents is 1. The summed E-state index contributed by atoms with van der Waals surface area (Å²) in [6.45, 7) is 1.43. The molecule has 3 N–H and O–H groups in total. The van der Waals surface area contributed by atoms with Crippen LogP contribution in [0, 0.1) is 5.82 Å². The molecule has 0 aliphatic carbocycles. The second-order valence-electron chi connectivity index (χ2n) is 8.91. The third-order valence-corrected chi connectivity index (χ3v) is 6.74. The van der Waals surface area contributed by atoms with Crippen LogP contribution >= 0.6 is 0 Å². The fourth-order valence-corrected chi connectivity index (χ4v) is 5.04. The average Bonchev–Trinajstić information content (AvgIpc) is 3.34. The summed E-state index contributed by atoms with van der Waals surface area (Å²) >= 11 is 0. The first kappa shape index (κ1) is 22.6. The summed E-state index contributed by atoms with van der Waals surface area (Å²) in [7, 11) is 0. The summed E-state index contributed by atoms with van der Waals surface area (Å²) in [4.78, 5) is 45.6. The zero-order chi connectivity index (χ0) is 26.1. The van der Waals surface area contributed by atoms with Crippen molar-refractivity contribution in [2.24, 2.45) is 5.73 Å². The SMILES string of the molecule is CC(=O)n1c2ccccc2c2cc(C(=O)C3(N)C(=O)N(c4ccc(F)cc4)c4ccc(O)cc43)ncc21. The highest BCUT2D eigenvalue weighted by atomic mass is 19.1. The predicted octanol–water partition coefficient (Wildman–Crippen LogP) is 4.41. The van der Waals surface area contributed by atoms with Gasteiger partial charge in [0.2, 0.25) is 11.7 Å². The lowest BCUT2D eigenvalue weighted by molar-refractivity contribution is -0.120. The van der Waals surface area contributed by atoms with Crippen LogP contribution in [-0.4, -0.2) is 32.3 Å². The van der Waals surface area contributed by atoms with Gasteiger partial charge in [0.25, 0.3) is 5.91 Å². The molecule has 0 radical (unpaired) electrons. The predicted molar refractivity (Wildman–Crippen MR) is 135 cm³/mol. The van der Waals surface area contributed by atoms with E-state index in [-0.39, 0.29) is 22.9 Å². The van der Waals surface area contributed by atoms with Crippen molar-refractivity contribution in [3.63, 3.8) is 0 Å². The van der Waals surface area contributed by atoms with Gasteiger partial charge in [0, 0.05) is 28.9 Å². The molecule has 0 spiro atoms.